The summed E-state index contributed by atoms with van der Waals surface area (Å²) < 4.78 is 41.9. The molecule has 1 aliphatic rings. The number of hydrogen-bond donors (Lipinski definition) is 0. The van der Waals surface area contributed by atoms with E-state index in [0.29, 0.717) is 16.7 Å². The van der Waals surface area contributed by atoms with Gasteiger partial charge in [0.1, 0.15) is 5.54 Å². The molecule has 0 bridgehead atoms. The molecule has 0 spiro atoms. The fourth-order valence-electron chi connectivity index (χ4n) is 3.68. The van der Waals surface area contributed by atoms with Crippen LogP contribution in [0.25, 0.3) is 5.69 Å². The molecule has 1 saturated heterocycles. The predicted octanol–water partition coefficient (Wildman–Crippen LogP) is 4.51. The second-order valence-corrected chi connectivity index (χ2v) is 8.02. The van der Waals surface area contributed by atoms with Crippen LogP contribution in [0.15, 0.2) is 61.1 Å². The average Bonchev–Trinajstić information content (AvgIpc) is 3.31. The Morgan fingerprint density at radius 1 is 1.06 bits per heavy atom. The number of nitriles is 1. The minimum Gasteiger partial charge on any atom is -0.306 e. The molecule has 1 aromatic heterocycles. The highest BCUT2D eigenvalue weighted by atomic mass is 19.4. The number of anilines is 1. The summed E-state index contributed by atoms with van der Waals surface area (Å²) in [7, 11) is 0. The number of urea groups is 1. The van der Waals surface area contributed by atoms with E-state index in [2.05, 4.69) is 4.98 Å². The zero-order valence-corrected chi connectivity index (χ0v) is 17.7. The average molecular weight is 453 g/mol. The molecule has 1 aliphatic heterocycles. The molecule has 0 radical (unpaired) electrons. The number of para-hydroxylation sites is 1. The molecule has 0 unspecified atom stereocenters. The van der Waals surface area contributed by atoms with Crippen molar-refractivity contribution in [1.82, 2.24) is 14.5 Å². The first-order chi connectivity index (χ1) is 15.5. The van der Waals surface area contributed by atoms with Crippen LogP contribution in [0, 0.1) is 11.3 Å². The second kappa shape index (κ2) is 7.78. The summed E-state index contributed by atoms with van der Waals surface area (Å²) >= 11 is 0. The van der Waals surface area contributed by atoms with Gasteiger partial charge in [0.15, 0.2) is 0 Å². The van der Waals surface area contributed by atoms with Crippen LogP contribution >= 0.6 is 0 Å². The number of carbonyl (C=O) groups is 2. The third-order valence-electron chi connectivity index (χ3n) is 5.52. The van der Waals surface area contributed by atoms with Crippen LogP contribution < -0.4 is 4.90 Å². The van der Waals surface area contributed by atoms with Gasteiger partial charge in [0.05, 0.1) is 41.4 Å². The molecule has 3 amide bonds. The number of rotatable bonds is 4. The van der Waals surface area contributed by atoms with Crippen LogP contribution in [0.2, 0.25) is 0 Å². The number of carbonyl (C=O) groups excluding carboxylic acids is 2. The minimum atomic E-state index is -4.81. The molecule has 7 nitrogen and oxygen atoms in total. The van der Waals surface area contributed by atoms with Crippen LogP contribution in [0.4, 0.5) is 23.7 Å². The van der Waals surface area contributed by atoms with E-state index in [1.165, 1.54) is 24.8 Å². The largest absolute Gasteiger partial charge is 0.417 e. The maximum absolute atomic E-state index is 13.4. The number of nitrogens with zero attached hydrogens (tertiary/aromatic N) is 5. The smallest absolute Gasteiger partial charge is 0.306 e. The van der Waals surface area contributed by atoms with Crippen molar-refractivity contribution in [2.24, 2.45) is 0 Å². The predicted molar refractivity (Wildman–Crippen MR) is 112 cm³/mol. The van der Waals surface area contributed by atoms with Crippen LogP contribution in [-0.4, -0.2) is 31.9 Å². The van der Waals surface area contributed by atoms with Gasteiger partial charge >= 0.3 is 12.2 Å². The van der Waals surface area contributed by atoms with Crippen LogP contribution in [0.5, 0.6) is 0 Å². The standard InChI is InChI=1S/C23H18F3N5O2/c1-22(2)20(32)31(18-9-8-15(11-27)19(10-18)23(24,25)26)21(33)30(22)13-16-12-29(14-28-16)17-6-4-3-5-7-17/h3-10,12,14H,13H2,1-2H3. The molecule has 2 aromatic carbocycles. The maximum atomic E-state index is 13.4. The van der Waals surface area contributed by atoms with E-state index < -0.39 is 34.8 Å². The summed E-state index contributed by atoms with van der Waals surface area (Å²) in [5.74, 6) is -0.673. The fourth-order valence-corrected chi connectivity index (χ4v) is 3.68. The van der Waals surface area contributed by atoms with Gasteiger partial charge in [0, 0.05) is 11.9 Å². The lowest BCUT2D eigenvalue weighted by Gasteiger charge is -2.26. The van der Waals surface area contributed by atoms with Crippen molar-refractivity contribution in [3.8, 4) is 11.8 Å². The molecule has 10 heteroatoms. The third-order valence-corrected chi connectivity index (χ3v) is 5.52. The normalized spacial score (nSPS) is 15.8. The number of benzene rings is 2. The first-order valence-corrected chi connectivity index (χ1v) is 9.90. The highest BCUT2D eigenvalue weighted by molar-refractivity contribution is 6.23. The Morgan fingerprint density at radius 2 is 1.76 bits per heavy atom. The van der Waals surface area contributed by atoms with E-state index >= 15 is 0 Å². The number of halogens is 3. The van der Waals surface area contributed by atoms with E-state index in [9.17, 15) is 22.8 Å². The van der Waals surface area contributed by atoms with Gasteiger partial charge in [0.2, 0.25) is 0 Å². The Hall–Kier alpha value is -4.13. The van der Waals surface area contributed by atoms with Gasteiger partial charge in [-0.3, -0.25) is 4.79 Å². The van der Waals surface area contributed by atoms with Gasteiger partial charge in [-0.05, 0) is 44.2 Å². The lowest BCUT2D eigenvalue weighted by Crippen LogP contribution is -2.43. The zero-order valence-electron chi connectivity index (χ0n) is 17.7. The first kappa shape index (κ1) is 22.1. The molecule has 4 rings (SSSR count). The van der Waals surface area contributed by atoms with Gasteiger partial charge in [0.25, 0.3) is 5.91 Å². The Labute approximate surface area is 187 Å². The maximum Gasteiger partial charge on any atom is 0.417 e. The SMILES string of the molecule is CC1(C)C(=O)N(c2ccc(C#N)c(C(F)(F)F)c2)C(=O)N1Cc1cn(-c2ccccc2)cn1. The minimum absolute atomic E-state index is 0.0175. The van der Waals surface area contributed by atoms with Crippen LogP contribution in [0.3, 0.4) is 0 Å². The highest BCUT2D eigenvalue weighted by Crippen LogP contribution is 2.38. The lowest BCUT2D eigenvalue weighted by atomic mass is 10.0. The van der Waals surface area contributed by atoms with E-state index in [1.54, 1.807) is 17.1 Å². The molecule has 33 heavy (non-hydrogen) atoms. The molecule has 0 atom stereocenters. The number of amides is 3. The molecule has 0 saturated carbocycles. The van der Waals surface area contributed by atoms with Crippen molar-refractivity contribution in [2.45, 2.75) is 32.1 Å². The van der Waals surface area contributed by atoms with Crippen LogP contribution in [-0.2, 0) is 17.5 Å². The first-order valence-electron chi connectivity index (χ1n) is 9.90. The highest BCUT2D eigenvalue weighted by Gasteiger charge is 2.52. The third kappa shape index (κ3) is 3.82. The molecule has 1 fully saturated rings. The Morgan fingerprint density at radius 3 is 2.39 bits per heavy atom. The number of alkyl halides is 3. The number of aromatic nitrogens is 2. The van der Waals surface area contributed by atoms with Crippen molar-refractivity contribution in [3.05, 3.63) is 77.9 Å². The van der Waals surface area contributed by atoms with Gasteiger partial charge < -0.3 is 9.47 Å². The van der Waals surface area contributed by atoms with E-state index in [1.807, 2.05) is 30.3 Å². The quantitative estimate of drug-likeness (QED) is 0.545. The van der Waals surface area contributed by atoms with E-state index in [4.69, 9.17) is 5.26 Å². The zero-order chi connectivity index (χ0) is 24.0. The summed E-state index contributed by atoms with van der Waals surface area (Å²) in [4.78, 5) is 32.5. The van der Waals surface area contributed by atoms with E-state index in [0.717, 1.165) is 17.8 Å². The number of hydrogen-bond acceptors (Lipinski definition) is 4. The van der Waals surface area contributed by atoms with Crippen molar-refractivity contribution in [3.63, 3.8) is 0 Å². The summed E-state index contributed by atoms with van der Waals surface area (Å²) in [6, 6.07) is 12.9. The van der Waals surface area contributed by atoms with Crippen LogP contribution in [0.1, 0.15) is 30.7 Å². The lowest BCUT2D eigenvalue weighted by molar-refractivity contribution is -0.137. The van der Waals surface area contributed by atoms with Gasteiger partial charge in [-0.2, -0.15) is 18.4 Å². The molecule has 0 N–H and O–H groups in total. The summed E-state index contributed by atoms with van der Waals surface area (Å²) in [5, 5.41) is 9.00. The summed E-state index contributed by atoms with van der Waals surface area (Å²) in [6.07, 6.45) is -1.52. The molecule has 0 aliphatic carbocycles. The van der Waals surface area contributed by atoms with Gasteiger partial charge in [-0.15, -0.1) is 0 Å². The van der Waals surface area contributed by atoms with Gasteiger partial charge in [-0.1, -0.05) is 18.2 Å². The molecule has 168 valence electrons. The number of imide groups is 1. The monoisotopic (exact) mass is 453 g/mol. The fraction of sp³-hybridized carbons (Fsp3) is 0.217. The topological polar surface area (TPSA) is 82.2 Å². The Kier molecular flexibility index (Phi) is 5.20. The Balaban J connectivity index is 1.66. The molecule has 3 aromatic rings. The van der Waals surface area contributed by atoms with E-state index in [-0.39, 0.29) is 12.2 Å². The molecular weight excluding hydrogens is 435 g/mol. The van der Waals surface area contributed by atoms with Crippen molar-refractivity contribution < 1.29 is 22.8 Å². The van der Waals surface area contributed by atoms with Crippen molar-refractivity contribution in [2.75, 3.05) is 4.90 Å². The molecule has 2 heterocycles. The second-order valence-electron chi connectivity index (χ2n) is 8.02. The number of imidazole rings is 1. The van der Waals surface area contributed by atoms with Gasteiger partial charge in [-0.25, -0.2) is 14.7 Å². The summed E-state index contributed by atoms with van der Waals surface area (Å²) in [5.41, 5.74) is -2.00. The van der Waals surface area contributed by atoms with Crippen molar-refractivity contribution in [1.29, 1.82) is 5.26 Å². The molecular formula is C23H18F3N5O2. The summed E-state index contributed by atoms with van der Waals surface area (Å²) in [6.45, 7) is 3.03. The van der Waals surface area contributed by atoms with Crippen molar-refractivity contribution >= 4 is 17.6 Å². The Bertz CT molecular complexity index is 1280.